The molecule has 0 bridgehead atoms. The summed E-state index contributed by atoms with van der Waals surface area (Å²) in [5.41, 5.74) is 1.81. The molecule has 148 valence electrons. The summed E-state index contributed by atoms with van der Waals surface area (Å²) in [6.07, 6.45) is 1.58. The summed E-state index contributed by atoms with van der Waals surface area (Å²) < 4.78 is 6.70. The lowest BCUT2D eigenvalue weighted by atomic mass is 10.2. The SMILES string of the molecule is Cc1occc1-c1nnc(SCc2nnc(C(=O)NCc3ccccc3)s2)n1N. The summed E-state index contributed by atoms with van der Waals surface area (Å²) in [5, 5.41) is 20.7. The second-order valence-corrected chi connectivity index (χ2v) is 8.03. The van der Waals surface area contributed by atoms with Gasteiger partial charge >= 0.3 is 0 Å². The Hall–Kier alpha value is -3.18. The van der Waals surface area contributed by atoms with Gasteiger partial charge in [0.15, 0.2) is 5.82 Å². The summed E-state index contributed by atoms with van der Waals surface area (Å²) in [4.78, 5) is 12.3. The minimum atomic E-state index is -0.248. The fourth-order valence-corrected chi connectivity index (χ4v) is 4.16. The van der Waals surface area contributed by atoms with Crippen molar-refractivity contribution < 1.29 is 9.21 Å². The van der Waals surface area contributed by atoms with Gasteiger partial charge in [-0.25, -0.2) is 4.68 Å². The van der Waals surface area contributed by atoms with Gasteiger partial charge in [-0.3, -0.25) is 4.79 Å². The topological polar surface area (TPSA) is 125 Å². The number of carbonyl (C=O) groups excluding carboxylic acids is 1. The van der Waals surface area contributed by atoms with E-state index in [0.29, 0.717) is 33.3 Å². The van der Waals surface area contributed by atoms with Crippen LogP contribution in [0.5, 0.6) is 0 Å². The number of aromatic nitrogens is 5. The number of nitrogens with one attached hydrogen (secondary N) is 1. The van der Waals surface area contributed by atoms with Crippen molar-refractivity contribution in [3.63, 3.8) is 0 Å². The zero-order valence-corrected chi connectivity index (χ0v) is 17.0. The van der Waals surface area contributed by atoms with Crippen molar-refractivity contribution in [1.29, 1.82) is 0 Å². The monoisotopic (exact) mass is 427 g/mol. The summed E-state index contributed by atoms with van der Waals surface area (Å²) in [6, 6.07) is 11.5. The third-order valence-electron chi connectivity index (χ3n) is 4.05. The minimum Gasteiger partial charge on any atom is -0.469 e. The molecule has 3 N–H and O–H groups in total. The molecule has 0 saturated heterocycles. The molecule has 1 aromatic carbocycles. The average molecular weight is 428 g/mol. The molecule has 4 aromatic rings. The smallest absolute Gasteiger partial charge is 0.282 e. The second-order valence-electron chi connectivity index (χ2n) is 6.02. The maximum Gasteiger partial charge on any atom is 0.282 e. The molecule has 0 saturated carbocycles. The summed E-state index contributed by atoms with van der Waals surface area (Å²) in [7, 11) is 0. The van der Waals surface area contributed by atoms with Crippen LogP contribution in [0.15, 0.2) is 52.2 Å². The lowest BCUT2D eigenvalue weighted by Crippen LogP contribution is -2.22. The van der Waals surface area contributed by atoms with Gasteiger partial charge in [-0.2, -0.15) is 0 Å². The molecule has 0 unspecified atom stereocenters. The van der Waals surface area contributed by atoms with Gasteiger partial charge in [0.1, 0.15) is 10.8 Å². The van der Waals surface area contributed by atoms with Crippen LogP contribution in [0.25, 0.3) is 11.4 Å². The largest absolute Gasteiger partial charge is 0.469 e. The molecule has 11 heteroatoms. The first-order valence-corrected chi connectivity index (χ1v) is 10.4. The molecule has 0 spiro atoms. The van der Waals surface area contributed by atoms with Crippen molar-refractivity contribution in [2.75, 3.05) is 5.84 Å². The standard InChI is InChI=1S/C18H17N7O2S2/c1-11-13(7-8-27-11)15-22-24-18(25(15)19)28-10-14-21-23-17(29-14)16(26)20-9-12-5-3-2-4-6-12/h2-8H,9-10,19H2,1H3,(H,20,26). The van der Waals surface area contributed by atoms with E-state index in [0.717, 1.165) is 16.9 Å². The van der Waals surface area contributed by atoms with Crippen LogP contribution in [-0.4, -0.2) is 31.0 Å². The predicted molar refractivity (Wildman–Crippen MR) is 110 cm³/mol. The molecular formula is C18H17N7O2S2. The van der Waals surface area contributed by atoms with E-state index < -0.39 is 0 Å². The van der Waals surface area contributed by atoms with Gasteiger partial charge in [0.2, 0.25) is 10.2 Å². The molecule has 3 heterocycles. The number of thioether (sulfide) groups is 1. The normalized spacial score (nSPS) is 10.9. The van der Waals surface area contributed by atoms with Crippen LogP contribution in [0.2, 0.25) is 0 Å². The maximum atomic E-state index is 12.3. The lowest BCUT2D eigenvalue weighted by Gasteiger charge is -2.02. The Bertz CT molecular complexity index is 1120. The zero-order valence-electron chi connectivity index (χ0n) is 15.4. The number of benzene rings is 1. The third kappa shape index (κ3) is 4.30. The molecule has 0 aliphatic carbocycles. The van der Waals surface area contributed by atoms with Crippen molar-refractivity contribution in [3.05, 3.63) is 64.0 Å². The van der Waals surface area contributed by atoms with Gasteiger partial charge in [0.05, 0.1) is 17.6 Å². The number of furan rings is 1. The van der Waals surface area contributed by atoms with E-state index in [-0.39, 0.29) is 5.91 Å². The van der Waals surface area contributed by atoms with Crippen LogP contribution in [0, 0.1) is 6.92 Å². The number of nitrogens with two attached hydrogens (primary N) is 1. The van der Waals surface area contributed by atoms with E-state index in [4.69, 9.17) is 10.3 Å². The van der Waals surface area contributed by atoms with E-state index >= 15 is 0 Å². The molecule has 0 radical (unpaired) electrons. The van der Waals surface area contributed by atoms with Crippen LogP contribution >= 0.6 is 23.1 Å². The molecule has 0 aliphatic rings. The molecule has 4 rings (SSSR count). The quantitative estimate of drug-likeness (QED) is 0.341. The highest BCUT2D eigenvalue weighted by atomic mass is 32.2. The first-order valence-electron chi connectivity index (χ1n) is 8.64. The predicted octanol–water partition coefficient (Wildman–Crippen LogP) is 2.63. The number of carbonyl (C=O) groups is 1. The highest BCUT2D eigenvalue weighted by Crippen LogP contribution is 2.27. The number of nitrogen functional groups attached to an aromatic ring is 1. The third-order valence-corrected chi connectivity index (χ3v) is 6.11. The number of aryl methyl sites for hydroxylation is 1. The number of amides is 1. The molecule has 0 atom stereocenters. The molecule has 0 aliphatic heterocycles. The Kier molecular flexibility index (Phi) is 5.58. The van der Waals surface area contributed by atoms with Gasteiger partial charge in [0.25, 0.3) is 5.91 Å². The van der Waals surface area contributed by atoms with E-state index in [9.17, 15) is 4.79 Å². The van der Waals surface area contributed by atoms with Crippen molar-refractivity contribution >= 4 is 29.0 Å². The van der Waals surface area contributed by atoms with Crippen molar-refractivity contribution in [2.24, 2.45) is 0 Å². The number of hydrogen-bond donors (Lipinski definition) is 2. The molecule has 1 amide bonds. The van der Waals surface area contributed by atoms with E-state index in [1.54, 1.807) is 12.3 Å². The Morgan fingerprint density at radius 1 is 1.21 bits per heavy atom. The van der Waals surface area contributed by atoms with Gasteiger partial charge in [-0.1, -0.05) is 53.4 Å². The Labute approximate surface area is 174 Å². The molecule has 9 nitrogen and oxygen atoms in total. The summed E-state index contributed by atoms with van der Waals surface area (Å²) >= 11 is 2.61. The Morgan fingerprint density at radius 2 is 2.03 bits per heavy atom. The summed E-state index contributed by atoms with van der Waals surface area (Å²) in [6.45, 7) is 2.28. The minimum absolute atomic E-state index is 0.248. The lowest BCUT2D eigenvalue weighted by molar-refractivity contribution is 0.0950. The fraction of sp³-hybridized carbons (Fsp3) is 0.167. The second kappa shape index (κ2) is 8.45. The highest BCUT2D eigenvalue weighted by molar-refractivity contribution is 7.98. The van der Waals surface area contributed by atoms with Gasteiger partial charge < -0.3 is 15.6 Å². The van der Waals surface area contributed by atoms with Crippen molar-refractivity contribution in [1.82, 2.24) is 30.4 Å². The Balaban J connectivity index is 1.36. The molecular weight excluding hydrogens is 410 g/mol. The van der Waals surface area contributed by atoms with Crippen LogP contribution in [0.1, 0.15) is 26.1 Å². The van der Waals surface area contributed by atoms with Crippen molar-refractivity contribution in [3.8, 4) is 11.4 Å². The average Bonchev–Trinajstić information content (AvgIpc) is 3.46. The molecule has 0 fully saturated rings. The maximum absolute atomic E-state index is 12.3. The fourth-order valence-electron chi connectivity index (χ4n) is 2.56. The first-order chi connectivity index (χ1) is 14.1. The molecule has 29 heavy (non-hydrogen) atoms. The highest BCUT2D eigenvalue weighted by Gasteiger charge is 2.17. The zero-order chi connectivity index (χ0) is 20.2. The van der Waals surface area contributed by atoms with Crippen LogP contribution in [0.4, 0.5) is 0 Å². The van der Waals surface area contributed by atoms with Crippen molar-refractivity contribution in [2.45, 2.75) is 24.4 Å². The van der Waals surface area contributed by atoms with E-state index in [1.807, 2.05) is 37.3 Å². The van der Waals surface area contributed by atoms with E-state index in [2.05, 4.69) is 25.7 Å². The Morgan fingerprint density at radius 3 is 2.79 bits per heavy atom. The number of hydrogen-bond acceptors (Lipinski definition) is 9. The van der Waals surface area contributed by atoms with E-state index in [1.165, 1.54) is 27.8 Å². The van der Waals surface area contributed by atoms with Crippen LogP contribution in [-0.2, 0) is 12.3 Å². The van der Waals surface area contributed by atoms with Crippen LogP contribution in [0.3, 0.4) is 0 Å². The van der Waals surface area contributed by atoms with Gasteiger partial charge in [-0.05, 0) is 18.6 Å². The first kappa shape index (κ1) is 19.2. The number of nitrogens with zero attached hydrogens (tertiary/aromatic N) is 5. The van der Waals surface area contributed by atoms with Gasteiger partial charge in [0, 0.05) is 6.54 Å². The summed E-state index contributed by atoms with van der Waals surface area (Å²) in [5.74, 6) is 7.58. The number of rotatable bonds is 7. The molecule has 3 aromatic heterocycles. The van der Waals surface area contributed by atoms with Gasteiger partial charge in [-0.15, -0.1) is 20.4 Å². The van der Waals surface area contributed by atoms with Crippen LogP contribution < -0.4 is 11.2 Å².